The van der Waals surface area contributed by atoms with Gasteiger partial charge < -0.3 is 5.32 Å². The minimum atomic E-state index is -0.508. The summed E-state index contributed by atoms with van der Waals surface area (Å²) in [6.45, 7) is 7.90. The number of nitriles is 1. The number of hydrogen-bond donors (Lipinski definition) is 1. The second-order valence-corrected chi connectivity index (χ2v) is 4.21. The van der Waals surface area contributed by atoms with Crippen LogP contribution in [-0.2, 0) is 4.79 Å². The number of rotatable bonds is 5. The lowest BCUT2D eigenvalue weighted by Crippen LogP contribution is -2.45. The summed E-state index contributed by atoms with van der Waals surface area (Å²) in [6.07, 6.45) is 2.53. The van der Waals surface area contributed by atoms with Gasteiger partial charge in [0.25, 0.3) is 0 Å². The van der Waals surface area contributed by atoms with Crippen molar-refractivity contribution in [2.45, 2.75) is 52.5 Å². The van der Waals surface area contributed by atoms with Gasteiger partial charge in [0.1, 0.15) is 5.92 Å². The van der Waals surface area contributed by atoms with Crippen LogP contribution in [0.5, 0.6) is 0 Å². The van der Waals surface area contributed by atoms with Crippen LogP contribution in [-0.4, -0.2) is 11.4 Å². The van der Waals surface area contributed by atoms with Crippen molar-refractivity contribution in [3.63, 3.8) is 0 Å². The highest BCUT2D eigenvalue weighted by Crippen LogP contribution is 2.12. The van der Waals surface area contributed by atoms with Crippen LogP contribution in [0.3, 0.4) is 0 Å². The van der Waals surface area contributed by atoms with Crippen LogP contribution >= 0.6 is 0 Å². The molecule has 80 valence electrons. The summed E-state index contributed by atoms with van der Waals surface area (Å²) in [4.78, 5) is 11.6. The highest BCUT2D eigenvalue weighted by Gasteiger charge is 2.23. The molecule has 0 heterocycles. The largest absolute Gasteiger partial charge is 0.350 e. The first-order chi connectivity index (χ1) is 6.46. The molecule has 1 atom stereocenters. The van der Waals surface area contributed by atoms with Crippen LogP contribution in [0.4, 0.5) is 0 Å². The molecule has 3 nitrogen and oxygen atoms in total. The molecule has 0 aromatic carbocycles. The van der Waals surface area contributed by atoms with E-state index in [1.54, 1.807) is 0 Å². The number of hydrogen-bond acceptors (Lipinski definition) is 2. The molecule has 1 amide bonds. The SMILES string of the molecule is CCCC(C)(C)NC(=O)C(C#N)CC. The van der Waals surface area contributed by atoms with E-state index in [2.05, 4.69) is 12.2 Å². The molecular weight excluding hydrogens is 176 g/mol. The molecule has 0 aliphatic rings. The maximum atomic E-state index is 11.6. The zero-order valence-corrected chi connectivity index (χ0v) is 9.55. The molecule has 14 heavy (non-hydrogen) atoms. The average molecular weight is 196 g/mol. The van der Waals surface area contributed by atoms with Crippen LogP contribution in [0, 0.1) is 17.2 Å². The predicted molar refractivity (Wildman–Crippen MR) is 56.5 cm³/mol. The van der Waals surface area contributed by atoms with Crippen LogP contribution in [0.15, 0.2) is 0 Å². The van der Waals surface area contributed by atoms with Gasteiger partial charge in [-0.3, -0.25) is 4.79 Å². The molecule has 0 saturated heterocycles. The zero-order chi connectivity index (χ0) is 11.2. The molecule has 1 unspecified atom stereocenters. The van der Waals surface area contributed by atoms with E-state index in [1.165, 1.54) is 0 Å². The van der Waals surface area contributed by atoms with Crippen LogP contribution in [0.1, 0.15) is 47.0 Å². The van der Waals surface area contributed by atoms with Crippen LogP contribution in [0.2, 0.25) is 0 Å². The normalized spacial score (nSPS) is 13.1. The Bertz CT molecular complexity index is 228. The van der Waals surface area contributed by atoms with Crippen molar-refractivity contribution >= 4 is 5.91 Å². The summed E-state index contributed by atoms with van der Waals surface area (Å²) >= 11 is 0. The van der Waals surface area contributed by atoms with Gasteiger partial charge in [0.05, 0.1) is 6.07 Å². The average Bonchev–Trinajstić information content (AvgIpc) is 2.04. The van der Waals surface area contributed by atoms with E-state index in [-0.39, 0.29) is 11.4 Å². The zero-order valence-electron chi connectivity index (χ0n) is 9.55. The fourth-order valence-electron chi connectivity index (χ4n) is 1.44. The van der Waals surface area contributed by atoms with E-state index in [0.717, 1.165) is 12.8 Å². The molecule has 0 rings (SSSR count). The Balaban J connectivity index is 4.24. The van der Waals surface area contributed by atoms with Gasteiger partial charge in [-0.2, -0.15) is 5.26 Å². The highest BCUT2D eigenvalue weighted by molar-refractivity contribution is 5.81. The van der Waals surface area contributed by atoms with Crippen molar-refractivity contribution in [3.8, 4) is 6.07 Å². The van der Waals surface area contributed by atoms with Crippen LogP contribution in [0.25, 0.3) is 0 Å². The maximum Gasteiger partial charge on any atom is 0.237 e. The first kappa shape index (κ1) is 13.0. The van der Waals surface area contributed by atoms with Gasteiger partial charge in [-0.25, -0.2) is 0 Å². The third kappa shape index (κ3) is 4.27. The lowest BCUT2D eigenvalue weighted by atomic mass is 9.97. The smallest absolute Gasteiger partial charge is 0.237 e. The third-order valence-corrected chi connectivity index (χ3v) is 2.22. The van der Waals surface area contributed by atoms with Gasteiger partial charge in [-0.15, -0.1) is 0 Å². The van der Waals surface area contributed by atoms with Gasteiger partial charge in [-0.1, -0.05) is 20.3 Å². The van der Waals surface area contributed by atoms with E-state index in [9.17, 15) is 4.79 Å². The van der Waals surface area contributed by atoms with Gasteiger partial charge >= 0.3 is 0 Å². The van der Waals surface area contributed by atoms with Crippen molar-refractivity contribution in [2.24, 2.45) is 5.92 Å². The van der Waals surface area contributed by atoms with E-state index in [1.807, 2.05) is 26.8 Å². The van der Waals surface area contributed by atoms with E-state index in [4.69, 9.17) is 5.26 Å². The minimum absolute atomic E-state index is 0.145. The Morgan fingerprint density at radius 1 is 1.50 bits per heavy atom. The summed E-state index contributed by atoms with van der Waals surface area (Å²) < 4.78 is 0. The number of carbonyl (C=O) groups is 1. The minimum Gasteiger partial charge on any atom is -0.350 e. The first-order valence-corrected chi connectivity index (χ1v) is 5.18. The quantitative estimate of drug-likeness (QED) is 0.733. The fraction of sp³-hybridized carbons (Fsp3) is 0.818. The van der Waals surface area contributed by atoms with E-state index < -0.39 is 5.92 Å². The molecule has 0 aliphatic carbocycles. The standard InChI is InChI=1S/C11H20N2O/c1-5-7-11(3,4)13-10(14)9(6-2)8-12/h9H,5-7H2,1-4H3,(H,13,14). The molecule has 0 bridgehead atoms. The number of nitrogens with one attached hydrogen (secondary N) is 1. The van der Waals surface area contributed by atoms with Gasteiger partial charge in [0.15, 0.2) is 0 Å². The maximum absolute atomic E-state index is 11.6. The molecule has 0 aliphatic heterocycles. The lowest BCUT2D eigenvalue weighted by Gasteiger charge is -2.26. The molecule has 3 heteroatoms. The van der Waals surface area contributed by atoms with Gasteiger partial charge in [0.2, 0.25) is 5.91 Å². The van der Waals surface area contributed by atoms with Crippen molar-refractivity contribution in [2.75, 3.05) is 0 Å². The molecule has 0 saturated carbocycles. The predicted octanol–water partition coefficient (Wildman–Crippen LogP) is 2.23. The summed E-state index contributed by atoms with van der Waals surface area (Å²) in [6, 6.07) is 2.00. The van der Waals surface area contributed by atoms with E-state index >= 15 is 0 Å². The summed E-state index contributed by atoms with van der Waals surface area (Å²) in [5.74, 6) is -0.653. The highest BCUT2D eigenvalue weighted by atomic mass is 16.2. The van der Waals surface area contributed by atoms with Crippen LogP contribution < -0.4 is 5.32 Å². The molecule has 0 radical (unpaired) electrons. The van der Waals surface area contributed by atoms with Crippen molar-refractivity contribution in [1.82, 2.24) is 5.32 Å². The number of nitrogens with zero attached hydrogens (tertiary/aromatic N) is 1. The summed E-state index contributed by atoms with van der Waals surface area (Å²) in [7, 11) is 0. The molecule has 0 fully saturated rings. The Kier molecular flexibility index (Phi) is 5.22. The lowest BCUT2D eigenvalue weighted by molar-refractivity contribution is -0.125. The Hall–Kier alpha value is -1.04. The summed E-state index contributed by atoms with van der Waals surface area (Å²) in [5.41, 5.74) is -0.198. The first-order valence-electron chi connectivity index (χ1n) is 5.18. The Morgan fingerprint density at radius 2 is 2.07 bits per heavy atom. The molecular formula is C11H20N2O. The van der Waals surface area contributed by atoms with Gasteiger partial charge in [-0.05, 0) is 26.7 Å². The topological polar surface area (TPSA) is 52.9 Å². The Labute approximate surface area is 86.5 Å². The van der Waals surface area contributed by atoms with Crippen molar-refractivity contribution in [1.29, 1.82) is 5.26 Å². The molecule has 0 spiro atoms. The van der Waals surface area contributed by atoms with E-state index in [0.29, 0.717) is 6.42 Å². The molecule has 0 aromatic heterocycles. The number of carbonyl (C=O) groups excluding carboxylic acids is 1. The van der Waals surface area contributed by atoms with Crippen molar-refractivity contribution in [3.05, 3.63) is 0 Å². The monoisotopic (exact) mass is 196 g/mol. The second-order valence-electron chi connectivity index (χ2n) is 4.21. The summed E-state index contributed by atoms with van der Waals surface area (Å²) in [5, 5.41) is 11.6. The molecule has 1 N–H and O–H groups in total. The molecule has 0 aromatic rings. The van der Waals surface area contributed by atoms with Gasteiger partial charge in [0, 0.05) is 5.54 Å². The van der Waals surface area contributed by atoms with Crippen molar-refractivity contribution < 1.29 is 4.79 Å². The fourth-order valence-corrected chi connectivity index (χ4v) is 1.44. The third-order valence-electron chi connectivity index (χ3n) is 2.22. The Morgan fingerprint density at radius 3 is 2.43 bits per heavy atom. The second kappa shape index (κ2) is 5.64. The number of amides is 1.